The van der Waals surface area contributed by atoms with E-state index < -0.39 is 0 Å². The van der Waals surface area contributed by atoms with Crippen LogP contribution in [0, 0.1) is 0 Å². The number of benzene rings is 2. The van der Waals surface area contributed by atoms with E-state index in [2.05, 4.69) is 48.2 Å². The Morgan fingerprint density at radius 3 is 2.62 bits per heavy atom. The molecule has 0 bridgehead atoms. The van der Waals surface area contributed by atoms with Crippen LogP contribution in [0.5, 0.6) is 5.75 Å². The van der Waals surface area contributed by atoms with Crippen molar-refractivity contribution in [2.75, 3.05) is 18.1 Å². The van der Waals surface area contributed by atoms with Gasteiger partial charge in [-0.05, 0) is 36.6 Å². The van der Waals surface area contributed by atoms with Gasteiger partial charge in [-0.2, -0.15) is 0 Å². The average Bonchev–Trinajstić information content (AvgIpc) is 2.76. The Labute approximate surface area is 126 Å². The summed E-state index contributed by atoms with van der Waals surface area (Å²) in [5.41, 5.74) is 9.84. The van der Waals surface area contributed by atoms with Gasteiger partial charge in [0.25, 0.3) is 0 Å². The van der Waals surface area contributed by atoms with Crippen molar-refractivity contribution in [3.8, 4) is 5.75 Å². The molecule has 2 aromatic rings. The van der Waals surface area contributed by atoms with E-state index >= 15 is 0 Å². The summed E-state index contributed by atoms with van der Waals surface area (Å²) in [4.78, 5) is 2.34. The lowest BCUT2D eigenvalue weighted by atomic mass is 10.0. The van der Waals surface area contributed by atoms with Crippen LogP contribution in [-0.2, 0) is 0 Å². The molecule has 1 aliphatic rings. The zero-order valence-corrected chi connectivity index (χ0v) is 12.5. The summed E-state index contributed by atoms with van der Waals surface area (Å²) in [6.45, 7) is 3.83. The molecule has 1 atom stereocenters. The number of hydrogen-bond acceptors (Lipinski definition) is 3. The molecule has 1 heterocycles. The fourth-order valence-corrected chi connectivity index (χ4v) is 2.84. The van der Waals surface area contributed by atoms with Gasteiger partial charge in [0.1, 0.15) is 5.75 Å². The molecular weight excluding hydrogens is 260 g/mol. The zero-order valence-electron chi connectivity index (χ0n) is 12.5. The molecule has 0 radical (unpaired) electrons. The van der Waals surface area contributed by atoms with Crippen molar-refractivity contribution >= 4 is 11.4 Å². The third kappa shape index (κ3) is 2.74. The normalized spacial score (nSPS) is 15.8. The molecule has 2 aromatic carbocycles. The van der Waals surface area contributed by atoms with Crippen LogP contribution in [0.2, 0.25) is 0 Å². The molecule has 0 saturated heterocycles. The number of para-hydroxylation sites is 3. The standard InChI is InChI=1S/C18H22N2O/c1-2-15(19)14-8-3-4-9-16(14)20-12-7-13-21-18-11-6-5-10-17(18)20/h3-6,8-11,15H,2,7,12-13,19H2,1H3/t15-/m1/s1. The predicted molar refractivity (Wildman–Crippen MR) is 87.2 cm³/mol. The molecule has 0 amide bonds. The van der Waals surface area contributed by atoms with E-state index in [0.717, 1.165) is 37.4 Å². The highest BCUT2D eigenvalue weighted by Gasteiger charge is 2.21. The predicted octanol–water partition coefficient (Wildman–Crippen LogP) is 4.02. The Morgan fingerprint density at radius 2 is 1.81 bits per heavy atom. The molecule has 2 N–H and O–H groups in total. The van der Waals surface area contributed by atoms with Crippen molar-refractivity contribution < 1.29 is 4.74 Å². The fourth-order valence-electron chi connectivity index (χ4n) is 2.84. The van der Waals surface area contributed by atoms with Crippen molar-refractivity contribution in [3.63, 3.8) is 0 Å². The van der Waals surface area contributed by atoms with Gasteiger partial charge in [-0.1, -0.05) is 37.3 Å². The van der Waals surface area contributed by atoms with Crippen LogP contribution >= 0.6 is 0 Å². The molecular formula is C18H22N2O. The van der Waals surface area contributed by atoms with Gasteiger partial charge < -0.3 is 15.4 Å². The Kier molecular flexibility index (Phi) is 4.11. The Balaban J connectivity index is 2.08. The summed E-state index contributed by atoms with van der Waals surface area (Å²) < 4.78 is 5.85. The minimum atomic E-state index is 0.0672. The molecule has 0 saturated carbocycles. The smallest absolute Gasteiger partial charge is 0.142 e. The Hall–Kier alpha value is -2.00. The van der Waals surface area contributed by atoms with Gasteiger partial charge in [0.05, 0.1) is 12.3 Å². The Bertz CT molecular complexity index is 612. The summed E-state index contributed by atoms with van der Waals surface area (Å²) >= 11 is 0. The van der Waals surface area contributed by atoms with E-state index in [1.54, 1.807) is 0 Å². The SMILES string of the molecule is CC[C@@H](N)c1ccccc1N1CCCOc2ccccc21. The van der Waals surface area contributed by atoms with Gasteiger partial charge in [-0.15, -0.1) is 0 Å². The van der Waals surface area contributed by atoms with Crippen LogP contribution < -0.4 is 15.4 Å². The topological polar surface area (TPSA) is 38.5 Å². The van der Waals surface area contributed by atoms with Crippen LogP contribution in [0.15, 0.2) is 48.5 Å². The fraction of sp³-hybridized carbons (Fsp3) is 0.333. The van der Waals surface area contributed by atoms with Gasteiger partial charge in [0.2, 0.25) is 0 Å². The number of hydrogen-bond donors (Lipinski definition) is 1. The second-order valence-electron chi connectivity index (χ2n) is 5.39. The molecule has 0 unspecified atom stereocenters. The van der Waals surface area contributed by atoms with Crippen molar-refractivity contribution in [2.45, 2.75) is 25.8 Å². The van der Waals surface area contributed by atoms with Gasteiger partial charge in [-0.25, -0.2) is 0 Å². The monoisotopic (exact) mass is 282 g/mol. The Morgan fingerprint density at radius 1 is 1.10 bits per heavy atom. The summed E-state index contributed by atoms with van der Waals surface area (Å²) in [6, 6.07) is 16.7. The highest BCUT2D eigenvalue weighted by atomic mass is 16.5. The number of anilines is 2. The molecule has 3 heteroatoms. The average molecular weight is 282 g/mol. The van der Waals surface area contributed by atoms with E-state index in [0.29, 0.717) is 0 Å². The molecule has 0 spiro atoms. The second-order valence-corrected chi connectivity index (χ2v) is 5.39. The summed E-state index contributed by atoms with van der Waals surface area (Å²) in [7, 11) is 0. The van der Waals surface area contributed by atoms with Crippen molar-refractivity contribution in [3.05, 3.63) is 54.1 Å². The van der Waals surface area contributed by atoms with Crippen LogP contribution in [0.1, 0.15) is 31.4 Å². The van der Waals surface area contributed by atoms with E-state index in [-0.39, 0.29) is 6.04 Å². The number of rotatable bonds is 3. The number of nitrogens with zero attached hydrogens (tertiary/aromatic N) is 1. The molecule has 21 heavy (non-hydrogen) atoms. The van der Waals surface area contributed by atoms with Gasteiger partial charge in [-0.3, -0.25) is 0 Å². The van der Waals surface area contributed by atoms with Crippen molar-refractivity contribution in [1.29, 1.82) is 0 Å². The first-order chi connectivity index (χ1) is 10.3. The maximum Gasteiger partial charge on any atom is 0.142 e. The summed E-state index contributed by atoms with van der Waals surface area (Å²) in [5, 5.41) is 0. The quantitative estimate of drug-likeness (QED) is 0.924. The maximum absolute atomic E-state index is 6.30. The lowest BCUT2D eigenvalue weighted by Gasteiger charge is -2.28. The molecule has 1 aliphatic heterocycles. The lowest BCUT2D eigenvalue weighted by Crippen LogP contribution is -2.21. The van der Waals surface area contributed by atoms with E-state index in [1.807, 2.05) is 12.1 Å². The first-order valence-electron chi connectivity index (χ1n) is 7.65. The third-order valence-electron chi connectivity index (χ3n) is 4.01. The molecule has 0 aliphatic carbocycles. The summed E-state index contributed by atoms with van der Waals surface area (Å²) in [6.07, 6.45) is 1.94. The molecule has 0 fully saturated rings. The minimum absolute atomic E-state index is 0.0672. The number of fused-ring (bicyclic) bond motifs is 1. The van der Waals surface area contributed by atoms with E-state index in [4.69, 9.17) is 10.5 Å². The molecule has 3 nitrogen and oxygen atoms in total. The maximum atomic E-state index is 6.30. The van der Waals surface area contributed by atoms with Gasteiger partial charge >= 0.3 is 0 Å². The highest BCUT2D eigenvalue weighted by molar-refractivity contribution is 5.72. The van der Waals surface area contributed by atoms with Crippen molar-refractivity contribution in [1.82, 2.24) is 0 Å². The van der Waals surface area contributed by atoms with Crippen molar-refractivity contribution in [2.24, 2.45) is 5.73 Å². The van der Waals surface area contributed by atoms with E-state index in [9.17, 15) is 0 Å². The lowest BCUT2D eigenvalue weighted by molar-refractivity contribution is 0.322. The van der Waals surface area contributed by atoms with Crippen LogP contribution in [0.25, 0.3) is 0 Å². The molecule has 0 aromatic heterocycles. The molecule has 3 rings (SSSR count). The van der Waals surface area contributed by atoms with Crippen LogP contribution in [0.4, 0.5) is 11.4 Å². The largest absolute Gasteiger partial charge is 0.491 e. The third-order valence-corrected chi connectivity index (χ3v) is 4.01. The van der Waals surface area contributed by atoms with E-state index in [1.165, 1.54) is 11.3 Å². The highest BCUT2D eigenvalue weighted by Crippen LogP contribution is 2.38. The first kappa shape index (κ1) is 14.0. The number of ether oxygens (including phenoxy) is 1. The summed E-state index contributed by atoms with van der Waals surface area (Å²) in [5.74, 6) is 0.954. The first-order valence-corrected chi connectivity index (χ1v) is 7.65. The zero-order chi connectivity index (χ0) is 14.7. The minimum Gasteiger partial charge on any atom is -0.491 e. The second kappa shape index (κ2) is 6.19. The van der Waals surface area contributed by atoms with Gasteiger partial charge in [0.15, 0.2) is 0 Å². The van der Waals surface area contributed by atoms with Crippen LogP contribution in [0.3, 0.4) is 0 Å². The number of nitrogens with two attached hydrogens (primary N) is 1. The van der Waals surface area contributed by atoms with Crippen LogP contribution in [-0.4, -0.2) is 13.2 Å². The van der Waals surface area contributed by atoms with Gasteiger partial charge in [0, 0.05) is 18.3 Å². The molecule has 110 valence electrons.